The number of halogens is 2. The van der Waals surface area contributed by atoms with Crippen molar-refractivity contribution in [1.82, 2.24) is 24.8 Å². The van der Waals surface area contributed by atoms with Crippen LogP contribution in [0.25, 0.3) is 11.0 Å². The van der Waals surface area contributed by atoms with Crippen LogP contribution in [0, 0.1) is 5.82 Å². The second-order valence-electron chi connectivity index (χ2n) is 7.18. The molecule has 0 saturated heterocycles. The third kappa shape index (κ3) is 4.20. The second-order valence-corrected chi connectivity index (χ2v) is 7.59. The summed E-state index contributed by atoms with van der Waals surface area (Å²) in [5.41, 5.74) is 6.69. The highest BCUT2D eigenvalue weighted by Gasteiger charge is 2.34. The zero-order valence-electron chi connectivity index (χ0n) is 16.0. The lowest BCUT2D eigenvalue weighted by Crippen LogP contribution is -2.43. The van der Waals surface area contributed by atoms with Crippen molar-refractivity contribution in [3.63, 3.8) is 0 Å². The Morgan fingerprint density at radius 1 is 1.30 bits per heavy atom. The molecule has 0 atom stereocenters. The van der Waals surface area contributed by atoms with E-state index in [0.29, 0.717) is 16.9 Å². The molecular weight excluding hydrogens is 411 g/mol. The van der Waals surface area contributed by atoms with E-state index in [4.69, 9.17) is 17.3 Å². The molecule has 0 spiro atoms. The number of nitrogens with zero attached hydrogens (tertiary/aromatic N) is 4. The molecule has 8 nitrogen and oxygen atoms in total. The first-order chi connectivity index (χ1) is 14.4. The number of anilines is 1. The number of benzene rings is 1. The summed E-state index contributed by atoms with van der Waals surface area (Å²) >= 11 is 5.76. The van der Waals surface area contributed by atoms with Gasteiger partial charge in [-0.3, -0.25) is 9.59 Å². The summed E-state index contributed by atoms with van der Waals surface area (Å²) in [6, 6.07) is 6.40. The molecule has 0 aliphatic heterocycles. The van der Waals surface area contributed by atoms with Gasteiger partial charge in [-0.25, -0.2) is 14.4 Å². The maximum atomic E-state index is 14.0. The van der Waals surface area contributed by atoms with Gasteiger partial charge in [-0.05, 0) is 25.0 Å². The number of hydrogen-bond acceptors (Lipinski definition) is 5. The third-order valence-electron chi connectivity index (χ3n) is 5.02. The lowest BCUT2D eigenvalue weighted by atomic mass is 10.2. The fourth-order valence-electron chi connectivity index (χ4n) is 3.28. The van der Waals surface area contributed by atoms with Gasteiger partial charge in [0.15, 0.2) is 0 Å². The van der Waals surface area contributed by atoms with Crippen LogP contribution in [0.4, 0.5) is 10.2 Å². The Morgan fingerprint density at radius 3 is 2.87 bits per heavy atom. The van der Waals surface area contributed by atoms with Crippen LogP contribution in [-0.2, 0) is 22.7 Å². The SMILES string of the molecule is Nc1ncnc2c1ccn2CC(=O)N(CC(=O)NCc1cccc(Cl)c1F)C1CC1. The number of hydrogen-bond donors (Lipinski definition) is 2. The minimum absolute atomic E-state index is 0.0000657. The van der Waals surface area contributed by atoms with E-state index in [2.05, 4.69) is 15.3 Å². The van der Waals surface area contributed by atoms with Crippen molar-refractivity contribution in [2.24, 2.45) is 0 Å². The monoisotopic (exact) mass is 430 g/mol. The number of nitrogens with one attached hydrogen (secondary N) is 1. The Kier molecular flexibility index (Phi) is 5.54. The molecule has 1 saturated carbocycles. The molecule has 2 heterocycles. The molecular formula is C20H20ClFN6O2. The largest absolute Gasteiger partial charge is 0.383 e. The molecule has 1 fully saturated rings. The fourth-order valence-corrected chi connectivity index (χ4v) is 3.48. The number of carbonyl (C=O) groups is 2. The zero-order valence-corrected chi connectivity index (χ0v) is 16.8. The first kappa shape index (κ1) is 20.1. The molecule has 30 heavy (non-hydrogen) atoms. The van der Waals surface area contributed by atoms with Gasteiger partial charge in [-0.15, -0.1) is 0 Å². The Morgan fingerprint density at radius 2 is 2.10 bits per heavy atom. The van der Waals surface area contributed by atoms with Crippen LogP contribution in [-0.4, -0.2) is 43.8 Å². The normalized spacial score (nSPS) is 13.4. The Hall–Kier alpha value is -3.20. The van der Waals surface area contributed by atoms with Crippen molar-refractivity contribution >= 4 is 40.3 Å². The van der Waals surface area contributed by atoms with E-state index in [1.54, 1.807) is 33.9 Å². The van der Waals surface area contributed by atoms with Gasteiger partial charge in [0.1, 0.15) is 30.2 Å². The molecule has 156 valence electrons. The Labute approximate surface area is 176 Å². The van der Waals surface area contributed by atoms with Gasteiger partial charge in [0.05, 0.1) is 17.0 Å². The maximum absolute atomic E-state index is 14.0. The van der Waals surface area contributed by atoms with Crippen LogP contribution in [0.3, 0.4) is 0 Å². The summed E-state index contributed by atoms with van der Waals surface area (Å²) in [5, 5.41) is 3.33. The fraction of sp³-hybridized carbons (Fsp3) is 0.300. The molecule has 0 unspecified atom stereocenters. The predicted molar refractivity (Wildman–Crippen MR) is 110 cm³/mol. The van der Waals surface area contributed by atoms with Gasteiger partial charge in [-0.2, -0.15) is 0 Å². The van der Waals surface area contributed by atoms with E-state index < -0.39 is 5.82 Å². The lowest BCUT2D eigenvalue weighted by Gasteiger charge is -2.22. The molecule has 1 aliphatic carbocycles. The summed E-state index contributed by atoms with van der Waals surface area (Å²) < 4.78 is 15.7. The van der Waals surface area contributed by atoms with E-state index >= 15 is 0 Å². The van der Waals surface area contributed by atoms with Crippen molar-refractivity contribution in [3.05, 3.63) is 53.2 Å². The summed E-state index contributed by atoms with van der Waals surface area (Å²) in [7, 11) is 0. The van der Waals surface area contributed by atoms with Crippen LogP contribution >= 0.6 is 11.6 Å². The molecule has 4 rings (SSSR count). The van der Waals surface area contributed by atoms with Gasteiger partial charge in [0.25, 0.3) is 0 Å². The van der Waals surface area contributed by atoms with Crippen LogP contribution in [0.2, 0.25) is 5.02 Å². The van der Waals surface area contributed by atoms with Crippen molar-refractivity contribution in [1.29, 1.82) is 0 Å². The molecule has 10 heteroatoms. The minimum atomic E-state index is -0.560. The first-order valence-electron chi connectivity index (χ1n) is 9.48. The molecule has 0 bridgehead atoms. The minimum Gasteiger partial charge on any atom is -0.383 e. The molecule has 0 radical (unpaired) electrons. The highest BCUT2D eigenvalue weighted by molar-refractivity contribution is 6.30. The molecule has 3 N–H and O–H groups in total. The lowest BCUT2D eigenvalue weighted by molar-refractivity contribution is -0.137. The number of rotatable bonds is 7. The predicted octanol–water partition coefficient (Wildman–Crippen LogP) is 2.11. The maximum Gasteiger partial charge on any atom is 0.243 e. The Balaban J connectivity index is 1.41. The van der Waals surface area contributed by atoms with Crippen molar-refractivity contribution in [2.75, 3.05) is 12.3 Å². The van der Waals surface area contributed by atoms with Crippen molar-refractivity contribution in [3.8, 4) is 0 Å². The summed E-state index contributed by atoms with van der Waals surface area (Å²) in [6.45, 7) is -0.0645. The molecule has 3 aromatic rings. The van der Waals surface area contributed by atoms with Crippen LogP contribution in [0.15, 0.2) is 36.8 Å². The van der Waals surface area contributed by atoms with Crippen molar-refractivity contribution < 1.29 is 14.0 Å². The van der Waals surface area contributed by atoms with E-state index in [-0.39, 0.29) is 48.1 Å². The van der Waals surface area contributed by atoms with E-state index in [1.807, 2.05) is 0 Å². The summed E-state index contributed by atoms with van der Waals surface area (Å²) in [6.07, 6.45) is 4.77. The van der Waals surface area contributed by atoms with Gasteiger partial charge in [0.2, 0.25) is 11.8 Å². The summed E-state index contributed by atoms with van der Waals surface area (Å²) in [5.74, 6) is -0.775. The first-order valence-corrected chi connectivity index (χ1v) is 9.86. The van der Waals surface area contributed by atoms with Gasteiger partial charge in [0, 0.05) is 24.3 Å². The standard InChI is InChI=1S/C20H20ClFN6O2/c21-15-3-1-2-12(18(15)22)8-24-16(29)9-28(13-4-5-13)17(30)10-27-7-6-14-19(23)25-11-26-20(14)27/h1-3,6-7,11,13H,4-5,8-10H2,(H,24,29)(H2,23,25,26). The van der Waals surface area contributed by atoms with Gasteiger partial charge < -0.3 is 20.5 Å². The van der Waals surface area contributed by atoms with E-state index in [1.165, 1.54) is 12.4 Å². The van der Waals surface area contributed by atoms with E-state index in [0.717, 1.165) is 12.8 Å². The van der Waals surface area contributed by atoms with Crippen LogP contribution in [0.5, 0.6) is 0 Å². The Bertz CT molecular complexity index is 1110. The zero-order chi connectivity index (χ0) is 21.3. The number of fused-ring (bicyclic) bond motifs is 1. The number of nitrogen functional groups attached to an aromatic ring is 1. The van der Waals surface area contributed by atoms with Crippen molar-refractivity contribution in [2.45, 2.75) is 32.0 Å². The molecule has 1 aromatic carbocycles. The highest BCUT2D eigenvalue weighted by Crippen LogP contribution is 2.27. The molecule has 1 aliphatic rings. The average Bonchev–Trinajstić information content (AvgIpc) is 3.48. The molecule has 2 aromatic heterocycles. The number of amides is 2. The van der Waals surface area contributed by atoms with Crippen LogP contribution < -0.4 is 11.1 Å². The van der Waals surface area contributed by atoms with E-state index in [9.17, 15) is 14.0 Å². The number of aromatic nitrogens is 3. The number of carbonyl (C=O) groups excluding carboxylic acids is 2. The quantitative estimate of drug-likeness (QED) is 0.597. The average molecular weight is 431 g/mol. The highest BCUT2D eigenvalue weighted by atomic mass is 35.5. The number of nitrogens with two attached hydrogens (primary N) is 1. The van der Waals surface area contributed by atoms with Gasteiger partial charge >= 0.3 is 0 Å². The van der Waals surface area contributed by atoms with Gasteiger partial charge in [-0.1, -0.05) is 23.7 Å². The summed E-state index contributed by atoms with van der Waals surface area (Å²) in [4.78, 5) is 35.0. The second kappa shape index (κ2) is 8.27. The topological polar surface area (TPSA) is 106 Å². The molecule has 2 amide bonds. The van der Waals surface area contributed by atoms with Crippen LogP contribution in [0.1, 0.15) is 18.4 Å². The third-order valence-corrected chi connectivity index (χ3v) is 5.31. The smallest absolute Gasteiger partial charge is 0.243 e.